The van der Waals surface area contributed by atoms with Crippen LogP contribution < -0.4 is 0 Å². The van der Waals surface area contributed by atoms with Gasteiger partial charge in [0.05, 0.1) is 22.1 Å². The zero-order valence-corrected chi connectivity index (χ0v) is 36.6. The van der Waals surface area contributed by atoms with Crippen LogP contribution >= 0.6 is 0 Å². The van der Waals surface area contributed by atoms with Crippen molar-refractivity contribution in [3.63, 3.8) is 0 Å². The zero-order valence-electron chi connectivity index (χ0n) is 36.6. The van der Waals surface area contributed by atoms with Crippen molar-refractivity contribution < 1.29 is 0 Å². The molecule has 0 unspecified atom stereocenters. The first-order chi connectivity index (χ1) is 32.0. The summed E-state index contributed by atoms with van der Waals surface area (Å²) in [4.78, 5) is 15.3. The summed E-state index contributed by atoms with van der Waals surface area (Å²) in [6, 6.07) is 65.0. The third-order valence-corrected chi connectivity index (χ3v) is 12.6. The van der Waals surface area contributed by atoms with Gasteiger partial charge in [0, 0.05) is 49.6 Å². The number of para-hydroxylation sites is 2. The highest BCUT2D eigenvalue weighted by atomic mass is 15.0. The Morgan fingerprint density at radius 3 is 1.74 bits per heavy atom. The molecule has 0 amide bonds. The monoisotopic (exact) mass is 835 g/mol. The number of allylic oxidation sites excluding steroid dienone is 5. The minimum Gasteiger partial charge on any atom is -0.310 e. The molecular formula is C60H45N5. The lowest BCUT2D eigenvalue weighted by Gasteiger charge is -2.12. The summed E-state index contributed by atoms with van der Waals surface area (Å²) in [6.07, 6.45) is 8.07. The lowest BCUT2D eigenvalue weighted by Crippen LogP contribution is -2.02. The van der Waals surface area contributed by atoms with Gasteiger partial charge in [-0.15, -0.1) is 0 Å². The first-order valence-electron chi connectivity index (χ1n) is 22.1. The molecule has 0 saturated carbocycles. The van der Waals surface area contributed by atoms with Gasteiger partial charge in [0.15, 0.2) is 17.5 Å². The van der Waals surface area contributed by atoms with Gasteiger partial charge in [0.1, 0.15) is 0 Å². The molecule has 3 aromatic heterocycles. The van der Waals surface area contributed by atoms with E-state index in [4.69, 9.17) is 15.0 Å². The fourth-order valence-corrected chi connectivity index (χ4v) is 9.46. The molecule has 11 rings (SSSR count). The Morgan fingerprint density at radius 2 is 1.03 bits per heavy atom. The number of aromatic nitrogens is 5. The summed E-state index contributed by atoms with van der Waals surface area (Å²) in [5.41, 5.74) is 16.6. The van der Waals surface area contributed by atoms with Gasteiger partial charge >= 0.3 is 0 Å². The number of rotatable bonds is 9. The smallest absolute Gasteiger partial charge is 0.164 e. The van der Waals surface area contributed by atoms with Gasteiger partial charge in [-0.25, -0.2) is 15.0 Å². The summed E-state index contributed by atoms with van der Waals surface area (Å²) in [5, 5.41) is 4.85. The van der Waals surface area contributed by atoms with Crippen LogP contribution in [0.1, 0.15) is 18.1 Å². The van der Waals surface area contributed by atoms with Crippen LogP contribution in [-0.4, -0.2) is 24.1 Å². The average molecular weight is 836 g/mol. The minimum absolute atomic E-state index is 0.640. The number of hydrogen-bond donors (Lipinski definition) is 0. The molecule has 0 bridgehead atoms. The molecule has 3 heterocycles. The van der Waals surface area contributed by atoms with E-state index in [0.29, 0.717) is 17.5 Å². The lowest BCUT2D eigenvalue weighted by molar-refractivity contribution is 1.07. The van der Waals surface area contributed by atoms with Crippen LogP contribution in [0.3, 0.4) is 0 Å². The van der Waals surface area contributed by atoms with Crippen molar-refractivity contribution in [2.24, 2.45) is 0 Å². The molecule has 0 aliphatic heterocycles. The summed E-state index contributed by atoms with van der Waals surface area (Å²) in [5.74, 6) is 1.97. The Hall–Kier alpha value is -8.41. The van der Waals surface area contributed by atoms with E-state index in [2.05, 4.69) is 206 Å². The summed E-state index contributed by atoms with van der Waals surface area (Å²) < 4.78 is 4.73. The molecule has 0 saturated heterocycles. The van der Waals surface area contributed by atoms with E-state index in [0.717, 1.165) is 66.9 Å². The Bertz CT molecular complexity index is 3650. The molecule has 0 atom stereocenters. The lowest BCUT2D eigenvalue weighted by atomic mass is 9.97. The van der Waals surface area contributed by atoms with Crippen LogP contribution in [0.25, 0.3) is 111 Å². The normalized spacial score (nSPS) is 12.0. The Balaban J connectivity index is 1.00. The predicted molar refractivity (Wildman–Crippen MR) is 273 cm³/mol. The van der Waals surface area contributed by atoms with Gasteiger partial charge in [-0.1, -0.05) is 158 Å². The van der Waals surface area contributed by atoms with Crippen LogP contribution in [-0.2, 0) is 0 Å². The molecule has 8 aromatic carbocycles. The SMILES string of the molecule is C=C/C=C\C(=C/C)n1c2ccccc2c2cc(-c3ccc(-n4c5ccccc5c5c(-c6cccc(-c7nc(-c8ccccc8C)nc(-c8ccccc8C)n7)c6)cccc54)cc3)ccc21. The summed E-state index contributed by atoms with van der Waals surface area (Å²) in [6.45, 7) is 10.2. The van der Waals surface area contributed by atoms with Crippen molar-refractivity contribution in [3.8, 4) is 62.1 Å². The van der Waals surface area contributed by atoms with Crippen LogP contribution in [0.5, 0.6) is 0 Å². The van der Waals surface area contributed by atoms with E-state index in [1.165, 1.54) is 38.1 Å². The van der Waals surface area contributed by atoms with Crippen molar-refractivity contribution in [1.82, 2.24) is 24.1 Å². The second kappa shape index (κ2) is 16.4. The molecule has 0 radical (unpaired) electrons. The fraction of sp³-hybridized carbons (Fsp3) is 0.0500. The molecule has 0 N–H and O–H groups in total. The van der Waals surface area contributed by atoms with E-state index in [1.807, 2.05) is 36.4 Å². The van der Waals surface area contributed by atoms with Crippen molar-refractivity contribution in [2.75, 3.05) is 0 Å². The van der Waals surface area contributed by atoms with Crippen LogP contribution in [0.15, 0.2) is 213 Å². The van der Waals surface area contributed by atoms with Crippen molar-refractivity contribution in [3.05, 3.63) is 224 Å². The zero-order chi connectivity index (χ0) is 44.0. The van der Waals surface area contributed by atoms with Crippen molar-refractivity contribution in [2.45, 2.75) is 20.8 Å². The maximum atomic E-state index is 5.12. The minimum atomic E-state index is 0.640. The molecule has 310 valence electrons. The Labute approximate surface area is 378 Å². The standard InChI is InChI=1S/C60H45N5/c1-5-7-22-45(6-2)64-53-28-14-12-25-50(53)52-38-42(33-36-55(52)64)41-31-34-46(35-32-41)65-54-29-15-13-26-51(54)57-49(27-17-30-56(57)65)43-20-16-21-44(37-43)58-61-59(47-23-10-8-18-39(47)3)63-60(62-58)48-24-11-9-19-40(48)4/h5-38H,1H2,2-4H3/b22-7-,45-6+. The third-order valence-electron chi connectivity index (χ3n) is 12.6. The van der Waals surface area contributed by atoms with Gasteiger partial charge in [-0.3, -0.25) is 0 Å². The van der Waals surface area contributed by atoms with Crippen molar-refractivity contribution >= 4 is 49.3 Å². The molecule has 0 spiro atoms. The highest BCUT2D eigenvalue weighted by Gasteiger charge is 2.19. The highest BCUT2D eigenvalue weighted by Crippen LogP contribution is 2.41. The number of aryl methyl sites for hydroxylation is 2. The van der Waals surface area contributed by atoms with Gasteiger partial charge in [0.2, 0.25) is 0 Å². The molecule has 65 heavy (non-hydrogen) atoms. The number of hydrogen-bond acceptors (Lipinski definition) is 3. The molecule has 0 fully saturated rings. The fourth-order valence-electron chi connectivity index (χ4n) is 9.46. The van der Waals surface area contributed by atoms with Gasteiger partial charge < -0.3 is 9.13 Å². The molecule has 0 aliphatic rings. The van der Waals surface area contributed by atoms with E-state index >= 15 is 0 Å². The maximum absolute atomic E-state index is 5.12. The molecule has 0 aliphatic carbocycles. The third kappa shape index (κ3) is 6.86. The van der Waals surface area contributed by atoms with E-state index in [9.17, 15) is 0 Å². The summed E-state index contributed by atoms with van der Waals surface area (Å²) >= 11 is 0. The largest absolute Gasteiger partial charge is 0.310 e. The van der Waals surface area contributed by atoms with E-state index < -0.39 is 0 Å². The number of benzene rings is 8. The Kier molecular flexibility index (Phi) is 9.93. The van der Waals surface area contributed by atoms with Crippen LogP contribution in [0.4, 0.5) is 0 Å². The first kappa shape index (κ1) is 39.4. The molecule has 5 nitrogen and oxygen atoms in total. The highest BCUT2D eigenvalue weighted by molar-refractivity contribution is 6.16. The van der Waals surface area contributed by atoms with Crippen LogP contribution in [0, 0.1) is 13.8 Å². The first-order valence-corrected chi connectivity index (χ1v) is 22.1. The van der Waals surface area contributed by atoms with Crippen LogP contribution in [0.2, 0.25) is 0 Å². The average Bonchev–Trinajstić information content (AvgIpc) is 3.87. The van der Waals surface area contributed by atoms with Gasteiger partial charge in [-0.2, -0.15) is 0 Å². The molecule has 5 heteroatoms. The quantitative estimate of drug-likeness (QED) is 0.136. The second-order valence-electron chi connectivity index (χ2n) is 16.5. The summed E-state index contributed by atoms with van der Waals surface area (Å²) in [7, 11) is 0. The molecule has 11 aromatic rings. The maximum Gasteiger partial charge on any atom is 0.164 e. The number of nitrogens with zero attached hydrogens (tertiary/aromatic N) is 5. The van der Waals surface area contributed by atoms with E-state index in [-0.39, 0.29) is 0 Å². The van der Waals surface area contributed by atoms with Gasteiger partial charge in [0.25, 0.3) is 0 Å². The second-order valence-corrected chi connectivity index (χ2v) is 16.5. The predicted octanol–water partition coefficient (Wildman–Crippen LogP) is 15.6. The van der Waals surface area contributed by atoms with Crippen molar-refractivity contribution in [1.29, 1.82) is 0 Å². The number of fused-ring (bicyclic) bond motifs is 6. The van der Waals surface area contributed by atoms with E-state index in [1.54, 1.807) is 0 Å². The topological polar surface area (TPSA) is 48.5 Å². The van der Waals surface area contributed by atoms with Gasteiger partial charge in [-0.05, 0) is 109 Å². The molecular weight excluding hydrogens is 791 g/mol. The Morgan fingerprint density at radius 1 is 0.462 bits per heavy atom.